The van der Waals surface area contributed by atoms with E-state index >= 15 is 0 Å². The van der Waals surface area contributed by atoms with Gasteiger partial charge in [0, 0.05) is 16.7 Å². The molecule has 0 aliphatic heterocycles. The van der Waals surface area contributed by atoms with Crippen LogP contribution in [0.15, 0.2) is 22.7 Å². The van der Waals surface area contributed by atoms with E-state index in [1.165, 1.54) is 19.9 Å². The van der Waals surface area contributed by atoms with Crippen molar-refractivity contribution in [3.8, 4) is 0 Å². The minimum atomic E-state index is -4.44. The molecule has 0 saturated heterocycles. The lowest BCUT2D eigenvalue weighted by Gasteiger charge is -2.21. The second-order valence-electron chi connectivity index (χ2n) is 4.77. The van der Waals surface area contributed by atoms with Crippen molar-refractivity contribution in [3.05, 3.63) is 28.2 Å². The largest absolute Gasteiger partial charge is 0.481 e. The highest BCUT2D eigenvalue weighted by Crippen LogP contribution is 2.33. The number of anilines is 1. The highest BCUT2D eigenvalue weighted by atomic mass is 79.9. The maximum Gasteiger partial charge on any atom is 0.416 e. The quantitative estimate of drug-likeness (QED) is 0.871. The average molecular weight is 340 g/mol. The SMILES string of the molecule is CC(C)(CNc1cc(Br)cc(C(F)(F)F)c1)C(=O)O. The first kappa shape index (κ1) is 15.8. The summed E-state index contributed by atoms with van der Waals surface area (Å²) in [6, 6.07) is 3.38. The summed E-state index contributed by atoms with van der Waals surface area (Å²) in [6.07, 6.45) is -4.44. The number of carboxylic acid groups (broad SMARTS) is 1. The molecule has 0 heterocycles. The van der Waals surface area contributed by atoms with Gasteiger partial charge in [-0.15, -0.1) is 0 Å². The smallest absolute Gasteiger partial charge is 0.416 e. The monoisotopic (exact) mass is 339 g/mol. The number of halogens is 4. The van der Waals surface area contributed by atoms with E-state index in [0.29, 0.717) is 0 Å². The molecule has 0 saturated carbocycles. The summed E-state index contributed by atoms with van der Waals surface area (Å²) < 4.78 is 38.1. The van der Waals surface area contributed by atoms with E-state index in [1.54, 1.807) is 0 Å². The van der Waals surface area contributed by atoms with Gasteiger partial charge in [0.2, 0.25) is 0 Å². The lowest BCUT2D eigenvalue weighted by atomic mass is 9.94. The predicted molar refractivity (Wildman–Crippen MR) is 69.1 cm³/mol. The van der Waals surface area contributed by atoms with E-state index in [1.807, 2.05) is 0 Å². The van der Waals surface area contributed by atoms with Crippen LogP contribution in [-0.4, -0.2) is 17.6 Å². The van der Waals surface area contributed by atoms with Gasteiger partial charge in [-0.2, -0.15) is 13.2 Å². The van der Waals surface area contributed by atoms with Crippen molar-refractivity contribution in [1.82, 2.24) is 0 Å². The van der Waals surface area contributed by atoms with Gasteiger partial charge in [-0.25, -0.2) is 0 Å². The molecule has 0 aliphatic carbocycles. The first-order valence-corrected chi connectivity index (χ1v) is 6.17. The number of carbonyl (C=O) groups is 1. The Hall–Kier alpha value is -1.24. The number of nitrogens with one attached hydrogen (secondary N) is 1. The molecule has 7 heteroatoms. The molecule has 0 unspecified atom stereocenters. The normalized spacial score (nSPS) is 12.3. The van der Waals surface area contributed by atoms with Gasteiger partial charge in [0.05, 0.1) is 11.0 Å². The first-order chi connectivity index (χ1) is 8.52. The standard InChI is InChI=1S/C12H13BrF3NO2/c1-11(2,10(18)19)6-17-9-4-7(12(14,15)16)3-8(13)5-9/h3-5,17H,6H2,1-2H3,(H,18,19). The molecule has 19 heavy (non-hydrogen) atoms. The second-order valence-corrected chi connectivity index (χ2v) is 5.68. The Morgan fingerprint density at radius 1 is 1.32 bits per heavy atom. The van der Waals surface area contributed by atoms with E-state index < -0.39 is 23.1 Å². The zero-order chi connectivity index (χ0) is 14.8. The fraction of sp³-hybridized carbons (Fsp3) is 0.417. The first-order valence-electron chi connectivity index (χ1n) is 5.37. The van der Waals surface area contributed by atoms with E-state index in [-0.39, 0.29) is 16.7 Å². The van der Waals surface area contributed by atoms with Gasteiger partial charge in [0.1, 0.15) is 0 Å². The van der Waals surface area contributed by atoms with Crippen molar-refractivity contribution >= 4 is 27.6 Å². The molecule has 0 fully saturated rings. The molecule has 0 spiro atoms. The van der Waals surface area contributed by atoms with Crippen LogP contribution in [0, 0.1) is 5.41 Å². The molecule has 0 atom stereocenters. The molecule has 0 radical (unpaired) electrons. The molecule has 3 nitrogen and oxygen atoms in total. The van der Waals surface area contributed by atoms with E-state index in [4.69, 9.17) is 5.11 Å². The number of hydrogen-bond donors (Lipinski definition) is 2. The van der Waals surface area contributed by atoms with Crippen molar-refractivity contribution in [2.24, 2.45) is 5.41 Å². The zero-order valence-electron chi connectivity index (χ0n) is 10.3. The Morgan fingerprint density at radius 2 is 1.89 bits per heavy atom. The zero-order valence-corrected chi connectivity index (χ0v) is 11.9. The third-order valence-electron chi connectivity index (χ3n) is 2.54. The Kier molecular flexibility index (Phi) is 4.50. The van der Waals surface area contributed by atoms with Crippen molar-refractivity contribution in [2.75, 3.05) is 11.9 Å². The van der Waals surface area contributed by atoms with Crippen LogP contribution in [0.5, 0.6) is 0 Å². The van der Waals surface area contributed by atoms with Gasteiger partial charge in [-0.1, -0.05) is 15.9 Å². The Morgan fingerprint density at radius 3 is 2.37 bits per heavy atom. The number of aliphatic carboxylic acids is 1. The van der Waals surface area contributed by atoms with Gasteiger partial charge >= 0.3 is 12.1 Å². The highest BCUT2D eigenvalue weighted by Gasteiger charge is 2.31. The lowest BCUT2D eigenvalue weighted by Crippen LogP contribution is -2.31. The van der Waals surface area contributed by atoms with Crippen LogP contribution in [0.1, 0.15) is 19.4 Å². The molecule has 0 aliphatic rings. The predicted octanol–water partition coefficient (Wildman–Crippen LogP) is 3.99. The number of carboxylic acids is 1. The van der Waals surface area contributed by atoms with Crippen molar-refractivity contribution in [3.63, 3.8) is 0 Å². The van der Waals surface area contributed by atoms with Gasteiger partial charge in [-0.05, 0) is 32.0 Å². The average Bonchev–Trinajstić information content (AvgIpc) is 2.24. The molecular formula is C12H13BrF3NO2. The summed E-state index contributed by atoms with van der Waals surface area (Å²) in [6.45, 7) is 3.01. The number of hydrogen-bond acceptors (Lipinski definition) is 2. The van der Waals surface area contributed by atoms with E-state index in [2.05, 4.69) is 21.2 Å². The van der Waals surface area contributed by atoms with Crippen LogP contribution in [0.4, 0.5) is 18.9 Å². The van der Waals surface area contributed by atoms with Crippen LogP contribution in [0.3, 0.4) is 0 Å². The summed E-state index contributed by atoms with van der Waals surface area (Å²) in [4.78, 5) is 10.9. The summed E-state index contributed by atoms with van der Waals surface area (Å²) in [5.41, 5.74) is -1.64. The molecule has 1 aromatic rings. The van der Waals surface area contributed by atoms with Crippen LogP contribution in [-0.2, 0) is 11.0 Å². The minimum Gasteiger partial charge on any atom is -0.481 e. The molecule has 0 amide bonds. The molecular weight excluding hydrogens is 327 g/mol. The lowest BCUT2D eigenvalue weighted by molar-refractivity contribution is -0.146. The van der Waals surface area contributed by atoms with Crippen molar-refractivity contribution in [2.45, 2.75) is 20.0 Å². The topological polar surface area (TPSA) is 49.3 Å². The van der Waals surface area contributed by atoms with Crippen LogP contribution in [0.25, 0.3) is 0 Å². The van der Waals surface area contributed by atoms with Gasteiger partial charge in [-0.3, -0.25) is 4.79 Å². The molecule has 0 aromatic heterocycles. The maximum atomic E-state index is 12.6. The summed E-state index contributed by atoms with van der Waals surface area (Å²) in [5, 5.41) is 11.6. The van der Waals surface area contributed by atoms with E-state index in [0.717, 1.165) is 12.1 Å². The van der Waals surface area contributed by atoms with E-state index in [9.17, 15) is 18.0 Å². The molecule has 1 rings (SSSR count). The van der Waals surface area contributed by atoms with Crippen LogP contribution >= 0.6 is 15.9 Å². The molecule has 0 bridgehead atoms. The summed E-state index contributed by atoms with van der Waals surface area (Å²) in [5.74, 6) is -1.02. The summed E-state index contributed by atoms with van der Waals surface area (Å²) >= 11 is 3.00. The molecule has 2 N–H and O–H groups in total. The number of benzene rings is 1. The fourth-order valence-corrected chi connectivity index (χ4v) is 1.75. The Balaban J connectivity index is 2.91. The Bertz CT molecular complexity index is 486. The molecule has 106 valence electrons. The second kappa shape index (κ2) is 5.40. The van der Waals surface area contributed by atoms with Crippen molar-refractivity contribution < 1.29 is 23.1 Å². The van der Waals surface area contributed by atoms with Crippen molar-refractivity contribution in [1.29, 1.82) is 0 Å². The maximum absolute atomic E-state index is 12.6. The van der Waals surface area contributed by atoms with Gasteiger partial charge in [0.25, 0.3) is 0 Å². The van der Waals surface area contributed by atoms with Gasteiger partial charge in [0.15, 0.2) is 0 Å². The number of alkyl halides is 3. The molecule has 1 aromatic carbocycles. The Labute approximate surface area is 116 Å². The fourth-order valence-electron chi connectivity index (χ4n) is 1.25. The third-order valence-corrected chi connectivity index (χ3v) is 3.00. The van der Waals surface area contributed by atoms with Crippen LogP contribution in [0.2, 0.25) is 0 Å². The number of rotatable bonds is 4. The summed E-state index contributed by atoms with van der Waals surface area (Å²) in [7, 11) is 0. The highest BCUT2D eigenvalue weighted by molar-refractivity contribution is 9.10. The van der Waals surface area contributed by atoms with Gasteiger partial charge < -0.3 is 10.4 Å². The minimum absolute atomic E-state index is 0.0239. The van der Waals surface area contributed by atoms with Crippen LogP contribution < -0.4 is 5.32 Å². The third kappa shape index (κ3) is 4.41.